The maximum atomic E-state index is 12.6. The van der Waals surface area contributed by atoms with Crippen molar-refractivity contribution in [2.75, 3.05) is 23.5 Å². The quantitative estimate of drug-likeness (QED) is 0.735. The number of anilines is 1. The van der Waals surface area contributed by atoms with Crippen LogP contribution in [-0.2, 0) is 9.84 Å². The molecule has 2 aliphatic rings. The Morgan fingerprint density at radius 3 is 2.64 bits per heavy atom. The number of thioether (sulfide) groups is 1. The van der Waals surface area contributed by atoms with Crippen LogP contribution in [0.25, 0.3) is 0 Å². The van der Waals surface area contributed by atoms with Crippen LogP contribution in [0.15, 0.2) is 53.5 Å². The van der Waals surface area contributed by atoms with E-state index in [2.05, 4.69) is 4.99 Å². The number of sulfone groups is 1. The maximum Gasteiger partial charge on any atom is 0.279 e. The van der Waals surface area contributed by atoms with E-state index in [1.54, 1.807) is 42.5 Å². The molecule has 2 aliphatic heterocycles. The normalized spacial score (nSPS) is 24.4. The third-order valence-electron chi connectivity index (χ3n) is 4.70. The number of aliphatic imine (C=N–C) groups is 1. The molecule has 0 spiro atoms. The summed E-state index contributed by atoms with van der Waals surface area (Å²) in [5.41, 5.74) is 1.16. The summed E-state index contributed by atoms with van der Waals surface area (Å²) in [5, 5.41) is 0.719. The monoisotopic (exact) mass is 436 g/mol. The number of rotatable bonds is 3. The number of methoxy groups -OCH3 is 1. The summed E-state index contributed by atoms with van der Waals surface area (Å²) in [6.07, 6.45) is 0. The number of nitrogens with zero attached hydrogens (tertiary/aromatic N) is 2. The average Bonchev–Trinajstić information content (AvgIpc) is 3.13. The van der Waals surface area contributed by atoms with Gasteiger partial charge in [0.1, 0.15) is 5.75 Å². The van der Waals surface area contributed by atoms with Gasteiger partial charge in [-0.15, -0.1) is 0 Å². The van der Waals surface area contributed by atoms with E-state index in [-0.39, 0.29) is 28.7 Å². The van der Waals surface area contributed by atoms with Crippen LogP contribution in [-0.4, -0.2) is 49.4 Å². The molecular formula is C19H17ClN2O4S2. The van der Waals surface area contributed by atoms with Gasteiger partial charge >= 0.3 is 0 Å². The summed E-state index contributed by atoms with van der Waals surface area (Å²) in [7, 11) is -1.61. The molecule has 2 saturated heterocycles. The molecule has 0 unspecified atom stereocenters. The van der Waals surface area contributed by atoms with E-state index in [4.69, 9.17) is 16.3 Å². The lowest BCUT2D eigenvalue weighted by Crippen LogP contribution is -2.37. The molecule has 2 aromatic carbocycles. The van der Waals surface area contributed by atoms with Crippen LogP contribution in [0.5, 0.6) is 5.75 Å². The van der Waals surface area contributed by atoms with Crippen LogP contribution >= 0.6 is 23.4 Å². The van der Waals surface area contributed by atoms with Gasteiger partial charge in [-0.3, -0.25) is 4.79 Å². The fourth-order valence-corrected chi connectivity index (χ4v) is 7.57. The lowest BCUT2D eigenvalue weighted by Gasteiger charge is -2.25. The zero-order chi connectivity index (χ0) is 19.9. The molecule has 1 amide bonds. The van der Waals surface area contributed by atoms with Crippen molar-refractivity contribution < 1.29 is 17.9 Å². The van der Waals surface area contributed by atoms with Crippen molar-refractivity contribution in [1.82, 2.24) is 0 Å². The Hall–Kier alpha value is -2.03. The third-order valence-corrected chi connectivity index (χ3v) is 8.20. The molecule has 0 saturated carbocycles. The standard InChI is InChI=1S/C19H17ClN2O4S2/c1-26-16-8-7-13(9-14(16)20)22-15-10-28(24,25)11-17(15)27-19(22)21-18(23)12-5-3-2-4-6-12/h2-9,15,17H,10-11H2,1H3/t15-,17-/m0/s1. The Morgan fingerprint density at radius 2 is 1.96 bits per heavy atom. The minimum absolute atomic E-state index is 0.0207. The summed E-state index contributed by atoms with van der Waals surface area (Å²) in [6, 6.07) is 13.7. The number of amides is 1. The van der Waals surface area contributed by atoms with Gasteiger partial charge in [0.25, 0.3) is 5.91 Å². The summed E-state index contributed by atoms with van der Waals surface area (Å²) >= 11 is 7.60. The second kappa shape index (κ2) is 7.42. The molecule has 0 aromatic heterocycles. The fraction of sp³-hybridized carbons (Fsp3) is 0.263. The minimum Gasteiger partial charge on any atom is -0.495 e. The molecule has 9 heteroatoms. The van der Waals surface area contributed by atoms with Gasteiger partial charge in [0.2, 0.25) is 0 Å². The largest absolute Gasteiger partial charge is 0.495 e. The Labute approximate surface area is 172 Å². The first-order valence-corrected chi connectivity index (χ1v) is 11.6. The molecule has 146 valence electrons. The summed E-state index contributed by atoms with van der Waals surface area (Å²) in [4.78, 5) is 18.7. The number of hydrogen-bond donors (Lipinski definition) is 0. The second-order valence-corrected chi connectivity index (χ2v) is 10.3. The first-order valence-electron chi connectivity index (χ1n) is 8.56. The Morgan fingerprint density at radius 1 is 1.21 bits per heavy atom. The smallest absolute Gasteiger partial charge is 0.279 e. The van der Waals surface area contributed by atoms with Gasteiger partial charge in [-0.25, -0.2) is 8.42 Å². The first-order chi connectivity index (χ1) is 13.4. The Balaban J connectivity index is 1.74. The van der Waals surface area contributed by atoms with E-state index in [9.17, 15) is 13.2 Å². The minimum atomic E-state index is -3.13. The second-order valence-electron chi connectivity index (χ2n) is 6.55. The van der Waals surface area contributed by atoms with E-state index in [1.807, 2.05) is 11.0 Å². The van der Waals surface area contributed by atoms with Gasteiger partial charge in [0.15, 0.2) is 15.0 Å². The summed E-state index contributed by atoms with van der Waals surface area (Å²) in [5.74, 6) is 0.246. The number of halogens is 1. The zero-order valence-corrected chi connectivity index (χ0v) is 17.3. The number of carbonyl (C=O) groups is 1. The topological polar surface area (TPSA) is 76.0 Å². The number of fused-ring (bicyclic) bond motifs is 1. The molecule has 0 radical (unpaired) electrons. The van der Waals surface area contributed by atoms with Crippen molar-refractivity contribution in [3.8, 4) is 5.75 Å². The molecule has 2 aromatic rings. The molecule has 28 heavy (non-hydrogen) atoms. The third kappa shape index (κ3) is 3.64. The van der Waals surface area contributed by atoms with Gasteiger partial charge in [-0.05, 0) is 30.3 Å². The van der Waals surface area contributed by atoms with Crippen molar-refractivity contribution in [1.29, 1.82) is 0 Å². The van der Waals surface area contributed by atoms with E-state index in [0.717, 1.165) is 0 Å². The molecule has 0 bridgehead atoms. The lowest BCUT2D eigenvalue weighted by molar-refractivity contribution is 0.100. The summed E-state index contributed by atoms with van der Waals surface area (Å²) < 4.78 is 29.5. The van der Waals surface area contributed by atoms with Crippen LogP contribution in [0.2, 0.25) is 5.02 Å². The molecular weight excluding hydrogens is 420 g/mol. The molecule has 4 rings (SSSR count). The zero-order valence-electron chi connectivity index (χ0n) is 14.9. The molecule has 2 heterocycles. The van der Waals surface area contributed by atoms with Crippen molar-refractivity contribution in [2.24, 2.45) is 4.99 Å². The van der Waals surface area contributed by atoms with Gasteiger partial charge in [0, 0.05) is 16.5 Å². The predicted octanol–water partition coefficient (Wildman–Crippen LogP) is 3.26. The molecule has 0 N–H and O–H groups in total. The van der Waals surface area contributed by atoms with E-state index in [0.29, 0.717) is 27.2 Å². The highest BCUT2D eigenvalue weighted by molar-refractivity contribution is 8.16. The molecule has 2 fully saturated rings. The number of ether oxygens (including phenoxy) is 1. The van der Waals surface area contributed by atoms with Crippen LogP contribution in [0.3, 0.4) is 0 Å². The van der Waals surface area contributed by atoms with E-state index < -0.39 is 9.84 Å². The van der Waals surface area contributed by atoms with Crippen molar-refractivity contribution in [2.45, 2.75) is 11.3 Å². The SMILES string of the molecule is COc1ccc(N2C(=NC(=O)c3ccccc3)S[C@H]3CS(=O)(=O)C[C@@H]32)cc1Cl. The highest BCUT2D eigenvalue weighted by Crippen LogP contribution is 2.42. The molecule has 0 aliphatic carbocycles. The summed E-state index contributed by atoms with van der Waals surface area (Å²) in [6.45, 7) is 0. The van der Waals surface area contributed by atoms with Crippen LogP contribution in [0, 0.1) is 0 Å². The average molecular weight is 437 g/mol. The number of amidine groups is 1. The van der Waals surface area contributed by atoms with E-state index in [1.165, 1.54) is 18.9 Å². The van der Waals surface area contributed by atoms with Gasteiger partial charge in [0.05, 0.1) is 29.7 Å². The van der Waals surface area contributed by atoms with Crippen LogP contribution in [0.4, 0.5) is 5.69 Å². The first kappa shape index (κ1) is 19.3. The van der Waals surface area contributed by atoms with Crippen LogP contribution < -0.4 is 9.64 Å². The number of carbonyl (C=O) groups excluding carboxylic acids is 1. The van der Waals surface area contributed by atoms with Crippen LogP contribution in [0.1, 0.15) is 10.4 Å². The number of hydrogen-bond acceptors (Lipinski definition) is 5. The fourth-order valence-electron chi connectivity index (χ4n) is 3.40. The van der Waals surface area contributed by atoms with Gasteiger partial charge < -0.3 is 9.64 Å². The van der Waals surface area contributed by atoms with Gasteiger partial charge in [-0.1, -0.05) is 41.6 Å². The highest BCUT2D eigenvalue weighted by atomic mass is 35.5. The predicted molar refractivity (Wildman–Crippen MR) is 113 cm³/mol. The van der Waals surface area contributed by atoms with Crippen molar-refractivity contribution >= 4 is 50.0 Å². The van der Waals surface area contributed by atoms with Crippen molar-refractivity contribution in [3.63, 3.8) is 0 Å². The lowest BCUT2D eigenvalue weighted by atomic mass is 10.2. The maximum absolute atomic E-state index is 12.6. The molecule has 2 atom stereocenters. The van der Waals surface area contributed by atoms with Gasteiger partial charge in [-0.2, -0.15) is 4.99 Å². The Kier molecular flexibility index (Phi) is 5.11. The number of benzene rings is 2. The molecule has 6 nitrogen and oxygen atoms in total. The Bertz CT molecular complexity index is 1060. The van der Waals surface area contributed by atoms with Crippen molar-refractivity contribution in [3.05, 3.63) is 59.1 Å². The van der Waals surface area contributed by atoms with E-state index >= 15 is 0 Å². The highest BCUT2D eigenvalue weighted by Gasteiger charge is 2.49.